The third-order valence-electron chi connectivity index (χ3n) is 9.68. The standard InChI is InChI=1S/C45H61N7O4/c1-8-12-14-31(10-3)16-29-39(53)33-17-23-36(24-18-33)46-42-49-43(47-37-25-19-34(20-26-37)40(54)52-45(5,6)7)51-44(50-42)48-38-27-21-35(22-28-38)41(55)56-30-32(11-4)15-13-9-2/h17-28,31-32H,8-16,29-30H2,1-7H3,(H,52,54)(H3,46,47,48,49,50,51). The zero-order valence-corrected chi connectivity index (χ0v) is 34.3. The summed E-state index contributed by atoms with van der Waals surface area (Å²) in [6.07, 6.45) is 10.3. The van der Waals surface area contributed by atoms with E-state index in [-0.39, 0.29) is 41.0 Å². The molecule has 4 aromatic rings. The molecule has 300 valence electrons. The third-order valence-corrected chi connectivity index (χ3v) is 9.68. The van der Waals surface area contributed by atoms with E-state index in [0.717, 1.165) is 38.5 Å². The molecule has 2 atom stereocenters. The van der Waals surface area contributed by atoms with Crippen LogP contribution < -0.4 is 21.3 Å². The summed E-state index contributed by atoms with van der Waals surface area (Å²) in [5.41, 5.74) is 3.35. The second kappa shape index (κ2) is 21.7. The number of nitrogens with one attached hydrogen (secondary N) is 4. The first kappa shape index (κ1) is 43.4. The summed E-state index contributed by atoms with van der Waals surface area (Å²) in [4.78, 5) is 52.3. The highest BCUT2D eigenvalue weighted by Crippen LogP contribution is 2.24. The minimum Gasteiger partial charge on any atom is -0.462 e. The van der Waals surface area contributed by atoms with Crippen LogP contribution in [0.5, 0.6) is 0 Å². The van der Waals surface area contributed by atoms with E-state index >= 15 is 0 Å². The van der Waals surface area contributed by atoms with Gasteiger partial charge in [-0.25, -0.2) is 4.79 Å². The van der Waals surface area contributed by atoms with Crippen molar-refractivity contribution in [2.45, 2.75) is 118 Å². The molecule has 0 spiro atoms. The van der Waals surface area contributed by atoms with Gasteiger partial charge in [-0.15, -0.1) is 0 Å². The number of esters is 1. The van der Waals surface area contributed by atoms with Crippen LogP contribution in [0.4, 0.5) is 34.9 Å². The lowest BCUT2D eigenvalue weighted by atomic mass is 9.92. The van der Waals surface area contributed by atoms with Crippen LogP contribution in [0.2, 0.25) is 0 Å². The molecular weight excluding hydrogens is 703 g/mol. The van der Waals surface area contributed by atoms with Crippen molar-refractivity contribution in [1.29, 1.82) is 0 Å². The van der Waals surface area contributed by atoms with Gasteiger partial charge >= 0.3 is 5.97 Å². The molecule has 1 heterocycles. The molecule has 1 amide bonds. The van der Waals surface area contributed by atoms with Gasteiger partial charge in [-0.2, -0.15) is 15.0 Å². The zero-order chi connectivity index (χ0) is 40.5. The van der Waals surface area contributed by atoms with Gasteiger partial charge in [0, 0.05) is 40.1 Å². The lowest BCUT2D eigenvalue weighted by Crippen LogP contribution is -2.40. The minimum absolute atomic E-state index is 0.142. The summed E-state index contributed by atoms with van der Waals surface area (Å²) in [5, 5.41) is 12.7. The fourth-order valence-corrected chi connectivity index (χ4v) is 6.18. The Kier molecular flexibility index (Phi) is 16.8. The molecule has 0 fully saturated rings. The van der Waals surface area contributed by atoms with Crippen molar-refractivity contribution >= 4 is 52.6 Å². The molecule has 0 aliphatic heterocycles. The number of ketones is 1. The van der Waals surface area contributed by atoms with E-state index in [4.69, 9.17) is 4.74 Å². The first-order chi connectivity index (χ1) is 26.9. The number of nitrogens with zero attached hydrogens (tertiary/aromatic N) is 3. The molecule has 2 unspecified atom stereocenters. The number of hydrogen-bond donors (Lipinski definition) is 4. The number of benzene rings is 3. The average molecular weight is 764 g/mol. The predicted octanol–water partition coefficient (Wildman–Crippen LogP) is 11.2. The Hall–Kier alpha value is -5.32. The van der Waals surface area contributed by atoms with Crippen LogP contribution in [0.3, 0.4) is 0 Å². The second-order valence-electron chi connectivity index (χ2n) is 15.5. The Bertz CT molecular complexity index is 1740. The number of carbonyl (C=O) groups is 3. The van der Waals surface area contributed by atoms with Crippen molar-refractivity contribution in [3.8, 4) is 0 Å². The van der Waals surface area contributed by atoms with Crippen molar-refractivity contribution in [3.05, 3.63) is 89.5 Å². The van der Waals surface area contributed by atoms with Crippen molar-refractivity contribution in [2.24, 2.45) is 11.8 Å². The highest BCUT2D eigenvalue weighted by atomic mass is 16.5. The lowest BCUT2D eigenvalue weighted by molar-refractivity contribution is 0.0428. The minimum atomic E-state index is -0.358. The van der Waals surface area contributed by atoms with Crippen LogP contribution in [-0.4, -0.2) is 44.8 Å². The molecule has 4 rings (SSSR count). The van der Waals surface area contributed by atoms with Gasteiger partial charge in [-0.1, -0.05) is 72.6 Å². The van der Waals surface area contributed by atoms with Crippen LogP contribution >= 0.6 is 0 Å². The summed E-state index contributed by atoms with van der Waals surface area (Å²) in [6.45, 7) is 14.9. The number of ether oxygens (including phenoxy) is 1. The summed E-state index contributed by atoms with van der Waals surface area (Å²) in [6, 6.07) is 21.4. The summed E-state index contributed by atoms with van der Waals surface area (Å²) in [5.74, 6) is 1.34. The van der Waals surface area contributed by atoms with Crippen LogP contribution in [0.15, 0.2) is 72.8 Å². The smallest absolute Gasteiger partial charge is 0.338 e. The van der Waals surface area contributed by atoms with Gasteiger partial charge in [0.05, 0.1) is 12.2 Å². The van der Waals surface area contributed by atoms with Crippen LogP contribution in [0.1, 0.15) is 144 Å². The fraction of sp³-hybridized carbons (Fsp3) is 0.467. The second-order valence-corrected chi connectivity index (χ2v) is 15.5. The molecule has 1 aromatic heterocycles. The average Bonchev–Trinajstić information content (AvgIpc) is 3.18. The molecule has 56 heavy (non-hydrogen) atoms. The van der Waals surface area contributed by atoms with Crippen molar-refractivity contribution in [3.63, 3.8) is 0 Å². The van der Waals surface area contributed by atoms with E-state index in [0.29, 0.717) is 58.6 Å². The summed E-state index contributed by atoms with van der Waals surface area (Å²) in [7, 11) is 0. The van der Waals surface area contributed by atoms with E-state index in [1.165, 1.54) is 19.3 Å². The third kappa shape index (κ3) is 14.4. The van der Waals surface area contributed by atoms with E-state index in [2.05, 4.69) is 63.9 Å². The normalized spacial score (nSPS) is 12.3. The van der Waals surface area contributed by atoms with Gasteiger partial charge in [0.1, 0.15) is 0 Å². The Morgan fingerprint density at radius 1 is 0.589 bits per heavy atom. The van der Waals surface area contributed by atoms with E-state index in [9.17, 15) is 14.4 Å². The number of aromatic nitrogens is 3. The Labute approximate surface area is 333 Å². The highest BCUT2D eigenvalue weighted by Gasteiger charge is 2.17. The number of amides is 1. The largest absolute Gasteiger partial charge is 0.462 e. The Balaban J connectivity index is 1.50. The molecule has 0 bridgehead atoms. The molecule has 4 N–H and O–H groups in total. The van der Waals surface area contributed by atoms with E-state index in [1.54, 1.807) is 48.5 Å². The molecule has 3 aromatic carbocycles. The SMILES string of the molecule is CCCCC(CC)CCC(=O)c1ccc(Nc2nc(Nc3ccc(C(=O)NC(C)(C)C)cc3)nc(Nc3ccc(C(=O)OCC(CC)CCCC)cc3)n2)cc1. The Morgan fingerprint density at radius 2 is 1.02 bits per heavy atom. The van der Waals surface area contributed by atoms with Crippen molar-refractivity contribution in [1.82, 2.24) is 20.3 Å². The van der Waals surface area contributed by atoms with E-state index in [1.807, 2.05) is 45.0 Å². The number of Topliss-reactive ketones (excluding diaryl/α,β-unsaturated/α-hetero) is 1. The summed E-state index contributed by atoms with van der Waals surface area (Å²) < 4.78 is 5.63. The lowest BCUT2D eigenvalue weighted by Gasteiger charge is -2.20. The number of unbranched alkanes of at least 4 members (excludes halogenated alkanes) is 2. The monoisotopic (exact) mass is 763 g/mol. The number of carbonyl (C=O) groups excluding carboxylic acids is 3. The zero-order valence-electron chi connectivity index (χ0n) is 34.3. The molecule has 0 aliphatic carbocycles. The van der Waals surface area contributed by atoms with Gasteiger partial charge in [-0.3, -0.25) is 9.59 Å². The fourth-order valence-electron chi connectivity index (χ4n) is 6.18. The van der Waals surface area contributed by atoms with E-state index < -0.39 is 0 Å². The van der Waals surface area contributed by atoms with Crippen LogP contribution in [0.25, 0.3) is 0 Å². The number of hydrogen-bond acceptors (Lipinski definition) is 10. The van der Waals surface area contributed by atoms with Crippen LogP contribution in [-0.2, 0) is 4.74 Å². The molecule has 11 heteroatoms. The van der Waals surface area contributed by atoms with Crippen molar-refractivity contribution in [2.75, 3.05) is 22.6 Å². The molecule has 0 aliphatic rings. The first-order valence-electron chi connectivity index (χ1n) is 20.3. The molecule has 0 radical (unpaired) electrons. The van der Waals surface area contributed by atoms with Gasteiger partial charge in [0.2, 0.25) is 17.8 Å². The first-order valence-corrected chi connectivity index (χ1v) is 20.3. The number of rotatable bonds is 22. The maximum atomic E-state index is 13.0. The molecule has 11 nitrogen and oxygen atoms in total. The van der Waals surface area contributed by atoms with Gasteiger partial charge in [0.25, 0.3) is 5.91 Å². The summed E-state index contributed by atoms with van der Waals surface area (Å²) >= 11 is 0. The van der Waals surface area contributed by atoms with Gasteiger partial charge in [0.15, 0.2) is 5.78 Å². The quantitative estimate of drug-likeness (QED) is 0.0450. The molecule has 0 saturated heterocycles. The molecular formula is C45H61N7O4. The van der Waals surface area contributed by atoms with Gasteiger partial charge in [-0.05, 0) is 118 Å². The molecule has 0 saturated carbocycles. The maximum absolute atomic E-state index is 13.0. The van der Waals surface area contributed by atoms with Crippen LogP contribution in [0, 0.1) is 11.8 Å². The maximum Gasteiger partial charge on any atom is 0.338 e. The predicted molar refractivity (Wildman–Crippen MR) is 227 cm³/mol. The Morgan fingerprint density at radius 3 is 1.45 bits per heavy atom. The highest BCUT2D eigenvalue weighted by molar-refractivity contribution is 5.96. The van der Waals surface area contributed by atoms with Crippen molar-refractivity contribution < 1.29 is 19.1 Å². The number of anilines is 6. The van der Waals surface area contributed by atoms with Gasteiger partial charge < -0.3 is 26.0 Å². The topological polar surface area (TPSA) is 147 Å².